The Bertz CT molecular complexity index is 1360. The van der Waals surface area contributed by atoms with Crippen molar-refractivity contribution in [2.24, 2.45) is 0 Å². The van der Waals surface area contributed by atoms with Crippen LogP contribution >= 0.6 is 0 Å². The minimum Gasteiger partial charge on any atom is -0.338 e. The fourth-order valence-electron chi connectivity index (χ4n) is 4.34. The van der Waals surface area contributed by atoms with Crippen molar-refractivity contribution in [2.45, 2.75) is 13.5 Å². The van der Waals surface area contributed by atoms with Gasteiger partial charge in [0.2, 0.25) is 5.95 Å². The summed E-state index contributed by atoms with van der Waals surface area (Å²) in [6.45, 7) is 7.31. The number of urea groups is 1. The molecular formula is C26H29FN8O. The first-order valence-corrected chi connectivity index (χ1v) is 12.1. The minimum absolute atomic E-state index is 0.194. The number of nitrogens with one attached hydrogen (secondary N) is 3. The van der Waals surface area contributed by atoms with E-state index in [9.17, 15) is 9.18 Å². The van der Waals surface area contributed by atoms with Gasteiger partial charge < -0.3 is 15.2 Å². The Hall–Kier alpha value is -3.89. The van der Waals surface area contributed by atoms with E-state index in [0.717, 1.165) is 49.5 Å². The van der Waals surface area contributed by atoms with Crippen LogP contribution in [0, 0.1) is 5.82 Å². The van der Waals surface area contributed by atoms with Gasteiger partial charge in [0.15, 0.2) is 0 Å². The fourth-order valence-corrected chi connectivity index (χ4v) is 4.34. The summed E-state index contributed by atoms with van der Waals surface area (Å²) in [4.78, 5) is 33.4. The number of nitrogens with zero attached hydrogens (tertiary/aromatic N) is 5. The smallest absolute Gasteiger partial charge is 0.321 e. The Balaban J connectivity index is 1.48. The number of aromatic amines is 1. The van der Waals surface area contributed by atoms with Crippen molar-refractivity contribution >= 4 is 23.0 Å². The fraction of sp³-hybridized carbons (Fsp3) is 0.308. The zero-order chi connectivity index (χ0) is 25.1. The number of benzene rings is 1. The van der Waals surface area contributed by atoms with Crippen molar-refractivity contribution in [3.8, 4) is 22.4 Å². The molecule has 3 N–H and O–H groups in total. The van der Waals surface area contributed by atoms with Gasteiger partial charge in [0, 0.05) is 62.8 Å². The predicted octanol–water partition coefficient (Wildman–Crippen LogP) is 3.71. The van der Waals surface area contributed by atoms with Crippen LogP contribution in [0.2, 0.25) is 0 Å². The SMILES string of the molecule is CCNC(=O)Nc1nc2c(-c3ncccc3F)cc(-c3ccc(CN4CCN(C)CC4)nc3)cc2[nH]1. The van der Waals surface area contributed by atoms with E-state index < -0.39 is 5.82 Å². The summed E-state index contributed by atoms with van der Waals surface area (Å²) in [5, 5.41) is 5.35. The number of imidazole rings is 1. The van der Waals surface area contributed by atoms with Gasteiger partial charge in [0.1, 0.15) is 17.0 Å². The van der Waals surface area contributed by atoms with E-state index >= 15 is 0 Å². The Morgan fingerprint density at radius 1 is 1.11 bits per heavy atom. The minimum atomic E-state index is -0.446. The van der Waals surface area contributed by atoms with Gasteiger partial charge in [-0.05, 0) is 49.9 Å². The highest BCUT2D eigenvalue weighted by molar-refractivity contribution is 5.98. The number of H-pyrrole nitrogens is 1. The van der Waals surface area contributed by atoms with Crippen molar-refractivity contribution in [3.05, 3.63) is 60.3 Å². The van der Waals surface area contributed by atoms with Gasteiger partial charge in [-0.15, -0.1) is 0 Å². The summed E-state index contributed by atoms with van der Waals surface area (Å²) in [5.74, 6) is -0.177. The van der Waals surface area contributed by atoms with Gasteiger partial charge in [-0.3, -0.25) is 20.2 Å². The molecule has 0 bridgehead atoms. The molecule has 0 radical (unpaired) electrons. The van der Waals surface area contributed by atoms with Crippen LogP contribution in [0.3, 0.4) is 0 Å². The molecule has 1 aromatic carbocycles. The van der Waals surface area contributed by atoms with Crippen LogP contribution in [-0.4, -0.2) is 75.5 Å². The molecular weight excluding hydrogens is 459 g/mol. The number of fused-ring (bicyclic) bond motifs is 1. The van der Waals surface area contributed by atoms with Gasteiger partial charge in [0.25, 0.3) is 0 Å². The Morgan fingerprint density at radius 3 is 2.67 bits per heavy atom. The molecule has 1 fully saturated rings. The van der Waals surface area contributed by atoms with E-state index in [0.29, 0.717) is 23.1 Å². The lowest BCUT2D eigenvalue weighted by molar-refractivity contribution is 0.147. The normalized spacial score (nSPS) is 14.8. The summed E-state index contributed by atoms with van der Waals surface area (Å²) in [7, 11) is 2.14. The molecule has 9 nitrogen and oxygen atoms in total. The monoisotopic (exact) mass is 488 g/mol. The lowest BCUT2D eigenvalue weighted by atomic mass is 10.0. The van der Waals surface area contributed by atoms with Crippen LogP contribution in [-0.2, 0) is 6.54 Å². The second-order valence-corrected chi connectivity index (χ2v) is 8.94. The largest absolute Gasteiger partial charge is 0.338 e. The molecule has 1 aliphatic rings. The molecule has 4 heterocycles. The molecule has 2 amide bonds. The van der Waals surface area contributed by atoms with E-state index in [4.69, 9.17) is 4.98 Å². The molecule has 0 spiro atoms. The maximum atomic E-state index is 14.8. The number of amides is 2. The topological polar surface area (TPSA) is 102 Å². The maximum absolute atomic E-state index is 14.8. The average Bonchev–Trinajstić information content (AvgIpc) is 3.28. The summed E-state index contributed by atoms with van der Waals surface area (Å²) >= 11 is 0. The zero-order valence-electron chi connectivity index (χ0n) is 20.4. The number of hydrogen-bond donors (Lipinski definition) is 3. The van der Waals surface area contributed by atoms with Crippen LogP contribution in [0.15, 0.2) is 48.8 Å². The number of aromatic nitrogens is 4. The van der Waals surface area contributed by atoms with E-state index in [1.807, 2.05) is 37.4 Å². The quantitative estimate of drug-likeness (QED) is 0.382. The van der Waals surface area contributed by atoms with Crippen molar-refractivity contribution in [3.63, 3.8) is 0 Å². The number of carbonyl (C=O) groups is 1. The molecule has 3 aromatic heterocycles. The molecule has 186 valence electrons. The maximum Gasteiger partial charge on any atom is 0.321 e. The molecule has 1 aliphatic heterocycles. The van der Waals surface area contributed by atoms with Crippen LogP contribution in [0.1, 0.15) is 12.6 Å². The van der Waals surface area contributed by atoms with Gasteiger partial charge in [-0.1, -0.05) is 6.07 Å². The van der Waals surface area contributed by atoms with Crippen molar-refractivity contribution in [2.75, 3.05) is 45.1 Å². The number of anilines is 1. The standard InChI is InChI=1S/C26H29FN8O/c1-3-28-26(36)33-25-31-22-14-18(13-20(24(22)32-25)23-21(27)5-4-8-29-23)17-6-7-19(30-15-17)16-35-11-9-34(2)10-12-35/h4-8,13-15H,3,9-12,16H2,1-2H3,(H3,28,31,32,33,36). The zero-order valence-corrected chi connectivity index (χ0v) is 20.4. The molecule has 4 aromatic rings. The second kappa shape index (κ2) is 10.4. The van der Waals surface area contributed by atoms with Gasteiger partial charge in [-0.25, -0.2) is 14.2 Å². The highest BCUT2D eigenvalue weighted by Crippen LogP contribution is 2.34. The first-order chi connectivity index (χ1) is 17.5. The van der Waals surface area contributed by atoms with Gasteiger partial charge in [-0.2, -0.15) is 0 Å². The van der Waals surface area contributed by atoms with Crippen LogP contribution in [0.25, 0.3) is 33.4 Å². The third kappa shape index (κ3) is 5.19. The molecule has 10 heteroatoms. The molecule has 36 heavy (non-hydrogen) atoms. The first-order valence-electron chi connectivity index (χ1n) is 12.1. The number of halogens is 1. The van der Waals surface area contributed by atoms with Crippen molar-refractivity contribution < 1.29 is 9.18 Å². The number of piperazine rings is 1. The molecule has 0 aliphatic carbocycles. The third-order valence-electron chi connectivity index (χ3n) is 6.31. The molecule has 1 saturated heterocycles. The Kier molecular flexibility index (Phi) is 6.88. The number of carbonyl (C=O) groups excluding carboxylic acids is 1. The van der Waals surface area contributed by atoms with Gasteiger partial charge >= 0.3 is 6.03 Å². The summed E-state index contributed by atoms with van der Waals surface area (Å²) in [6, 6.07) is 10.4. The van der Waals surface area contributed by atoms with E-state index in [1.54, 1.807) is 12.3 Å². The number of hydrogen-bond acceptors (Lipinski definition) is 6. The Labute approximate surface area is 208 Å². The summed E-state index contributed by atoms with van der Waals surface area (Å²) < 4.78 is 14.8. The second-order valence-electron chi connectivity index (χ2n) is 8.94. The number of pyridine rings is 2. The average molecular weight is 489 g/mol. The van der Waals surface area contributed by atoms with Crippen molar-refractivity contribution in [1.29, 1.82) is 0 Å². The third-order valence-corrected chi connectivity index (χ3v) is 6.31. The first kappa shape index (κ1) is 23.8. The van der Waals surface area contributed by atoms with E-state index in [2.05, 4.69) is 42.4 Å². The molecule has 0 unspecified atom stereocenters. The Morgan fingerprint density at radius 2 is 1.94 bits per heavy atom. The highest BCUT2D eigenvalue weighted by atomic mass is 19.1. The molecule has 0 atom stereocenters. The molecule has 0 saturated carbocycles. The summed E-state index contributed by atoms with van der Waals surface area (Å²) in [6.07, 6.45) is 3.39. The predicted molar refractivity (Wildman–Crippen MR) is 138 cm³/mol. The number of likely N-dealkylation sites (N-methyl/N-ethyl adjacent to an activating group) is 1. The van der Waals surface area contributed by atoms with Crippen LogP contribution in [0.4, 0.5) is 15.1 Å². The van der Waals surface area contributed by atoms with Crippen LogP contribution < -0.4 is 10.6 Å². The van der Waals surface area contributed by atoms with E-state index in [-0.39, 0.29) is 17.7 Å². The van der Waals surface area contributed by atoms with Crippen molar-refractivity contribution in [1.82, 2.24) is 35.1 Å². The molecule has 5 rings (SSSR count). The van der Waals surface area contributed by atoms with Gasteiger partial charge in [0.05, 0.1) is 11.2 Å². The lowest BCUT2D eigenvalue weighted by Crippen LogP contribution is -2.43. The lowest BCUT2D eigenvalue weighted by Gasteiger charge is -2.32. The van der Waals surface area contributed by atoms with Crippen LogP contribution in [0.5, 0.6) is 0 Å². The summed E-state index contributed by atoms with van der Waals surface area (Å²) in [5.41, 5.74) is 4.64. The number of rotatable bonds is 6. The van der Waals surface area contributed by atoms with E-state index in [1.165, 1.54) is 6.07 Å². The highest BCUT2D eigenvalue weighted by Gasteiger charge is 2.18.